The van der Waals surface area contributed by atoms with Gasteiger partial charge < -0.3 is 18.6 Å². The topological polar surface area (TPSA) is 32.8 Å². The van der Waals surface area contributed by atoms with Crippen LogP contribution in [0.2, 0.25) is 0 Å². The molecule has 2 aliphatic rings. The first-order valence-corrected chi connectivity index (χ1v) is 30.9. The van der Waals surface area contributed by atoms with Crippen LogP contribution in [-0.4, -0.2) is 8.07 Å². The van der Waals surface area contributed by atoms with Crippen molar-refractivity contribution < 1.29 is 8.83 Å². The van der Waals surface area contributed by atoms with E-state index < -0.39 is 13.5 Å². The lowest BCUT2D eigenvalue weighted by Crippen LogP contribution is -2.77. The number of rotatable bonds is 9. The molecule has 3 heterocycles. The van der Waals surface area contributed by atoms with E-state index in [4.69, 9.17) is 8.83 Å². The van der Waals surface area contributed by atoms with E-state index in [1.807, 2.05) is 0 Å². The van der Waals surface area contributed by atoms with Gasteiger partial charge in [0.1, 0.15) is 22.3 Å². The van der Waals surface area contributed by atoms with E-state index in [2.05, 4.69) is 325 Å². The van der Waals surface area contributed by atoms with Gasteiger partial charge in [-0.3, -0.25) is 0 Å². The Morgan fingerprint density at radius 1 is 0.310 bits per heavy atom. The molecule has 1 aliphatic carbocycles. The van der Waals surface area contributed by atoms with Gasteiger partial charge in [-0.15, -0.1) is 0 Å². The fourth-order valence-electron chi connectivity index (χ4n) is 14.4. The molecule has 4 nitrogen and oxygen atoms in total. The van der Waals surface area contributed by atoms with Crippen LogP contribution in [0.25, 0.3) is 66.1 Å². The second-order valence-corrected chi connectivity index (χ2v) is 26.0. The average Bonchev–Trinajstić information content (AvgIpc) is 1.30. The lowest BCUT2D eigenvalue weighted by atomic mass is 9.67. The summed E-state index contributed by atoms with van der Waals surface area (Å²) in [4.78, 5) is 4.98. The summed E-state index contributed by atoms with van der Waals surface area (Å²) in [5.41, 5.74) is 19.2. The molecular weight excluding hydrogens is 1040 g/mol. The molecule has 0 saturated heterocycles. The highest BCUT2D eigenvalue weighted by Gasteiger charge is 2.51. The van der Waals surface area contributed by atoms with Crippen LogP contribution in [0.5, 0.6) is 0 Å². The molecule has 13 aromatic carbocycles. The van der Waals surface area contributed by atoms with Gasteiger partial charge in [0, 0.05) is 55.7 Å². The summed E-state index contributed by atoms with van der Waals surface area (Å²) in [7, 11) is -3.47. The summed E-state index contributed by atoms with van der Waals surface area (Å²) < 4.78 is 13.8. The molecule has 0 spiro atoms. The van der Waals surface area contributed by atoms with E-state index in [1.165, 1.54) is 59.7 Å². The van der Waals surface area contributed by atoms with Crippen LogP contribution in [0.15, 0.2) is 324 Å². The zero-order chi connectivity index (χ0) is 55.3. The molecule has 84 heavy (non-hydrogen) atoms. The normalized spacial score (nSPS) is 13.6. The quantitative estimate of drug-likeness (QED) is 0.135. The van der Waals surface area contributed by atoms with Gasteiger partial charge in [0.15, 0.2) is 8.07 Å². The SMILES string of the molecule is c1ccc(-c2ccc(N(c3ccc4c(c3)C(c3ccccc3)(c3ccccc3)c3ccccc3-4)c3ccc4c(c3)[Si](c3ccc5c(c3)oc3ccccc35)(c3ccc5c(c3)oc3ccccc35)c3ccccc3N4c3ccccc3)cc2)cc1. The summed E-state index contributed by atoms with van der Waals surface area (Å²) >= 11 is 0. The Morgan fingerprint density at radius 2 is 0.786 bits per heavy atom. The first-order valence-electron chi connectivity index (χ1n) is 28.9. The van der Waals surface area contributed by atoms with Crippen molar-refractivity contribution >= 4 is 107 Å². The van der Waals surface area contributed by atoms with Gasteiger partial charge in [-0.1, -0.05) is 231 Å². The number of nitrogens with zero attached hydrogens (tertiary/aromatic N) is 2. The van der Waals surface area contributed by atoms with Gasteiger partial charge in [-0.05, 0) is 150 Å². The van der Waals surface area contributed by atoms with Crippen LogP contribution in [-0.2, 0) is 5.41 Å². The van der Waals surface area contributed by atoms with E-state index in [1.54, 1.807) is 0 Å². The molecule has 0 amide bonds. The maximum Gasteiger partial charge on any atom is 0.184 e. The maximum atomic E-state index is 6.89. The maximum absolute atomic E-state index is 6.89. The van der Waals surface area contributed by atoms with Crippen molar-refractivity contribution in [3.8, 4) is 22.3 Å². The molecular formula is C79H52N2O2Si. The monoisotopic (exact) mass is 1090 g/mol. The predicted octanol–water partition coefficient (Wildman–Crippen LogP) is 18.1. The smallest absolute Gasteiger partial charge is 0.184 e. The van der Waals surface area contributed by atoms with E-state index in [9.17, 15) is 0 Å². The van der Waals surface area contributed by atoms with Crippen LogP contribution in [0, 0.1) is 0 Å². The van der Waals surface area contributed by atoms with Crippen LogP contribution in [0.3, 0.4) is 0 Å². The number of anilines is 6. The molecule has 0 bridgehead atoms. The van der Waals surface area contributed by atoms with Gasteiger partial charge >= 0.3 is 0 Å². The minimum atomic E-state index is -3.47. The van der Waals surface area contributed by atoms with Crippen molar-refractivity contribution in [3.05, 3.63) is 338 Å². The van der Waals surface area contributed by atoms with Crippen molar-refractivity contribution in [2.24, 2.45) is 0 Å². The first kappa shape index (κ1) is 48.0. The van der Waals surface area contributed by atoms with Gasteiger partial charge in [0.05, 0.1) is 5.41 Å². The molecule has 15 aromatic rings. The Bertz CT molecular complexity index is 4880. The van der Waals surface area contributed by atoms with Crippen LogP contribution in [0.1, 0.15) is 22.3 Å². The summed E-state index contributed by atoms with van der Waals surface area (Å²) in [6.07, 6.45) is 0. The number of fused-ring (bicyclic) bond motifs is 11. The summed E-state index contributed by atoms with van der Waals surface area (Å²) in [5, 5.41) is 9.36. The van der Waals surface area contributed by atoms with Crippen LogP contribution < -0.4 is 30.5 Å². The van der Waals surface area contributed by atoms with Crippen molar-refractivity contribution in [1.29, 1.82) is 0 Å². The highest BCUT2D eigenvalue weighted by atomic mass is 28.3. The Hall–Kier alpha value is -10.7. The number of hydrogen-bond acceptors (Lipinski definition) is 4. The number of para-hydroxylation sites is 4. The van der Waals surface area contributed by atoms with Gasteiger partial charge in [-0.25, -0.2) is 0 Å². The summed E-state index contributed by atoms with van der Waals surface area (Å²) in [6.45, 7) is 0. The largest absolute Gasteiger partial charge is 0.456 e. The highest BCUT2D eigenvalue weighted by Crippen LogP contribution is 2.57. The zero-order valence-corrected chi connectivity index (χ0v) is 46.7. The Morgan fingerprint density at radius 3 is 1.44 bits per heavy atom. The minimum Gasteiger partial charge on any atom is -0.456 e. The van der Waals surface area contributed by atoms with Gasteiger partial charge in [0.2, 0.25) is 0 Å². The summed E-state index contributed by atoms with van der Waals surface area (Å²) in [5.74, 6) is 0. The molecule has 17 rings (SSSR count). The van der Waals surface area contributed by atoms with Crippen LogP contribution in [0.4, 0.5) is 34.1 Å². The Balaban J connectivity index is 0.975. The highest BCUT2D eigenvalue weighted by molar-refractivity contribution is 7.21. The molecule has 394 valence electrons. The Labute approximate surface area is 488 Å². The number of hydrogen-bond donors (Lipinski definition) is 0. The van der Waals surface area contributed by atoms with E-state index >= 15 is 0 Å². The van der Waals surface area contributed by atoms with Crippen molar-refractivity contribution in [1.82, 2.24) is 0 Å². The molecule has 0 fully saturated rings. The average molecular weight is 1090 g/mol. The lowest BCUT2D eigenvalue weighted by molar-refractivity contribution is 0.669. The zero-order valence-electron chi connectivity index (χ0n) is 45.7. The molecule has 0 saturated carbocycles. The fourth-order valence-corrected chi connectivity index (χ4v) is 19.5. The third-order valence-electron chi connectivity index (χ3n) is 18.0. The summed E-state index contributed by atoms with van der Waals surface area (Å²) in [6, 6.07) is 116. The standard InChI is InChI=1S/C79H52N2O2Si/c1-5-21-53(22-6-1)54-37-39-58(40-38-54)80(59-41-45-64-63-29-13-16-32-69(63)79(70(64)49-59,55-23-7-2-8-24-55)56-25-9-3-10-26-56)60-42-48-72-78(50-60)84(61-43-46-67-65-30-14-18-34-73(65)82-75(67)51-61,62-44-47-68-66-31-15-19-35-74(66)83-76(68)52-62)77-36-20-17-33-71(77)81(72)57-27-11-4-12-28-57/h1-52H. The number of furan rings is 2. The van der Waals surface area contributed by atoms with Gasteiger partial charge in [-0.2, -0.15) is 0 Å². The first-order chi connectivity index (χ1) is 41.6. The molecule has 0 N–H and O–H groups in total. The second-order valence-electron chi connectivity index (χ2n) is 22.3. The molecule has 0 radical (unpaired) electrons. The molecule has 0 atom stereocenters. The fraction of sp³-hybridized carbons (Fsp3) is 0.0127. The van der Waals surface area contributed by atoms with Crippen molar-refractivity contribution in [2.75, 3.05) is 9.80 Å². The van der Waals surface area contributed by atoms with E-state index in [0.717, 1.165) is 83.6 Å². The molecule has 5 heteroatoms. The Kier molecular flexibility index (Phi) is 10.8. The van der Waals surface area contributed by atoms with Crippen LogP contribution >= 0.6 is 0 Å². The third-order valence-corrected chi connectivity index (χ3v) is 22.8. The second kappa shape index (κ2) is 18.9. The predicted molar refractivity (Wildman–Crippen MR) is 350 cm³/mol. The molecule has 0 unspecified atom stereocenters. The van der Waals surface area contributed by atoms with Crippen molar-refractivity contribution in [2.45, 2.75) is 5.41 Å². The van der Waals surface area contributed by atoms with Gasteiger partial charge in [0.25, 0.3) is 0 Å². The molecule has 2 aromatic heterocycles. The minimum absolute atomic E-state index is 0.601. The molecule has 1 aliphatic heterocycles. The number of benzene rings is 13. The lowest BCUT2D eigenvalue weighted by Gasteiger charge is -2.45. The van der Waals surface area contributed by atoms with Crippen molar-refractivity contribution in [3.63, 3.8) is 0 Å². The third kappa shape index (κ3) is 7.06. The van der Waals surface area contributed by atoms with E-state index in [0.29, 0.717) is 0 Å². The van der Waals surface area contributed by atoms with E-state index in [-0.39, 0.29) is 0 Å².